The number of rotatable bonds is 1. The van der Waals surface area contributed by atoms with Crippen LogP contribution in [0, 0.1) is 11.3 Å². The molecule has 98 valence electrons. The highest BCUT2D eigenvalue weighted by Gasteiger charge is 2.31. The zero-order valence-electron chi connectivity index (χ0n) is 9.25. The molecule has 1 aromatic heterocycles. The van der Waals surface area contributed by atoms with Crippen LogP contribution < -0.4 is 5.73 Å². The second-order valence-corrected chi connectivity index (χ2v) is 5.61. The minimum atomic E-state index is -4.41. The van der Waals surface area contributed by atoms with Crippen molar-refractivity contribution in [2.45, 2.75) is 6.18 Å². The van der Waals surface area contributed by atoms with Gasteiger partial charge in [0, 0.05) is 14.9 Å². The van der Waals surface area contributed by atoms with Crippen LogP contribution in [0.25, 0.3) is 10.4 Å². The predicted octanol–water partition coefficient (Wildman–Crippen LogP) is 4.65. The summed E-state index contributed by atoms with van der Waals surface area (Å²) in [5.74, 6) is 0. The van der Waals surface area contributed by atoms with E-state index in [1.807, 2.05) is 6.07 Å². The van der Waals surface area contributed by atoms with Crippen molar-refractivity contribution < 1.29 is 13.2 Å². The Hall–Kier alpha value is -1.52. The smallest absolute Gasteiger partial charge is 0.397 e. The molecule has 0 saturated carbocycles. The number of hydrogen-bond acceptors (Lipinski definition) is 3. The summed E-state index contributed by atoms with van der Waals surface area (Å²) in [4.78, 5) is 0.811. The van der Waals surface area contributed by atoms with Gasteiger partial charge < -0.3 is 5.73 Å². The lowest BCUT2D eigenvalue weighted by Gasteiger charge is -2.09. The molecule has 2 rings (SSSR count). The van der Waals surface area contributed by atoms with Crippen LogP contribution in [0.2, 0.25) is 0 Å². The first-order valence-corrected chi connectivity index (χ1v) is 6.60. The van der Waals surface area contributed by atoms with Crippen molar-refractivity contribution in [1.82, 2.24) is 0 Å². The summed E-state index contributed by atoms with van der Waals surface area (Å²) in [5, 5.41) is 8.82. The van der Waals surface area contributed by atoms with E-state index in [2.05, 4.69) is 15.9 Å². The third-order valence-electron chi connectivity index (χ3n) is 2.42. The summed E-state index contributed by atoms with van der Waals surface area (Å²) >= 11 is 4.27. The van der Waals surface area contributed by atoms with E-state index >= 15 is 0 Å². The lowest BCUT2D eigenvalue weighted by Crippen LogP contribution is -2.04. The van der Waals surface area contributed by atoms with E-state index in [9.17, 15) is 13.2 Å². The predicted molar refractivity (Wildman–Crippen MR) is 71.6 cm³/mol. The van der Waals surface area contributed by atoms with E-state index in [1.165, 1.54) is 12.1 Å². The largest absolute Gasteiger partial charge is 0.416 e. The van der Waals surface area contributed by atoms with Crippen molar-refractivity contribution in [3.05, 3.63) is 39.2 Å². The third kappa shape index (κ3) is 2.74. The van der Waals surface area contributed by atoms with Gasteiger partial charge in [0.05, 0.1) is 11.3 Å². The Morgan fingerprint density at radius 1 is 1.26 bits per heavy atom. The van der Waals surface area contributed by atoms with E-state index in [-0.39, 0.29) is 5.69 Å². The van der Waals surface area contributed by atoms with Gasteiger partial charge in [0.2, 0.25) is 0 Å². The van der Waals surface area contributed by atoms with Gasteiger partial charge >= 0.3 is 6.18 Å². The molecule has 1 aromatic carbocycles. The molecule has 0 fully saturated rings. The maximum Gasteiger partial charge on any atom is 0.416 e. The third-order valence-corrected chi connectivity index (χ3v) is 4.20. The van der Waals surface area contributed by atoms with E-state index in [0.717, 1.165) is 23.5 Å². The first-order valence-electron chi connectivity index (χ1n) is 4.99. The Morgan fingerprint density at radius 3 is 2.47 bits per heavy atom. The second kappa shape index (κ2) is 4.87. The van der Waals surface area contributed by atoms with Gasteiger partial charge in [-0.1, -0.05) is 15.9 Å². The summed E-state index contributed by atoms with van der Waals surface area (Å²) in [6, 6.07) is 6.78. The minimum Gasteiger partial charge on any atom is -0.397 e. The molecule has 0 aliphatic rings. The molecule has 0 aliphatic carbocycles. The molecular weight excluding hydrogens is 341 g/mol. The molecule has 2 aromatic rings. The molecule has 0 saturated heterocycles. The summed E-state index contributed by atoms with van der Waals surface area (Å²) in [7, 11) is 0. The number of hydrogen-bond donors (Lipinski definition) is 1. The molecule has 0 aliphatic heterocycles. The molecule has 0 spiro atoms. The number of nitrogens with zero attached hydrogens (tertiary/aromatic N) is 1. The molecule has 0 atom stereocenters. The van der Waals surface area contributed by atoms with Gasteiger partial charge in [-0.25, -0.2) is 0 Å². The number of anilines is 1. The molecule has 2 nitrogen and oxygen atoms in total. The number of thiophene rings is 1. The van der Waals surface area contributed by atoms with Crippen molar-refractivity contribution in [3.8, 4) is 16.5 Å². The highest BCUT2D eigenvalue weighted by molar-refractivity contribution is 9.10. The van der Waals surface area contributed by atoms with Crippen molar-refractivity contribution in [2.75, 3.05) is 5.73 Å². The highest BCUT2D eigenvalue weighted by atomic mass is 79.9. The molecule has 0 bridgehead atoms. The normalized spacial score (nSPS) is 11.3. The summed E-state index contributed by atoms with van der Waals surface area (Å²) in [6.45, 7) is 0. The van der Waals surface area contributed by atoms with Crippen LogP contribution in [-0.4, -0.2) is 0 Å². The van der Waals surface area contributed by atoms with E-state index < -0.39 is 11.7 Å². The molecular formula is C12H6BrF3N2S. The molecule has 0 amide bonds. The monoisotopic (exact) mass is 346 g/mol. The average Bonchev–Trinajstić information content (AvgIpc) is 2.69. The van der Waals surface area contributed by atoms with Gasteiger partial charge in [0.1, 0.15) is 10.9 Å². The second-order valence-electron chi connectivity index (χ2n) is 3.70. The van der Waals surface area contributed by atoms with Crippen LogP contribution in [0.3, 0.4) is 0 Å². The fourth-order valence-corrected chi connectivity index (χ4v) is 3.01. The van der Waals surface area contributed by atoms with Crippen molar-refractivity contribution in [3.63, 3.8) is 0 Å². The van der Waals surface area contributed by atoms with Crippen molar-refractivity contribution in [1.29, 1.82) is 5.26 Å². The zero-order chi connectivity index (χ0) is 14.2. The molecule has 19 heavy (non-hydrogen) atoms. The molecule has 2 N–H and O–H groups in total. The van der Waals surface area contributed by atoms with Gasteiger partial charge in [-0.2, -0.15) is 18.4 Å². The Kier molecular flexibility index (Phi) is 3.56. The van der Waals surface area contributed by atoms with Gasteiger partial charge in [0.15, 0.2) is 0 Å². The maximum absolute atomic E-state index is 12.7. The Bertz CT molecular complexity index is 671. The van der Waals surface area contributed by atoms with Crippen LogP contribution in [0.15, 0.2) is 28.7 Å². The number of nitrogen functional groups attached to an aromatic ring is 1. The van der Waals surface area contributed by atoms with E-state index in [4.69, 9.17) is 11.0 Å². The van der Waals surface area contributed by atoms with Crippen LogP contribution in [0.4, 0.5) is 18.9 Å². The SMILES string of the molecule is N#Cc1sc(-c2cc(C(F)(F)F)ccc2Br)cc1N. The Labute approximate surface area is 119 Å². The Balaban J connectivity index is 2.58. The lowest BCUT2D eigenvalue weighted by atomic mass is 10.1. The summed E-state index contributed by atoms with van der Waals surface area (Å²) in [6.07, 6.45) is -4.41. The maximum atomic E-state index is 12.7. The number of halogens is 4. The highest BCUT2D eigenvalue weighted by Crippen LogP contribution is 2.40. The summed E-state index contributed by atoms with van der Waals surface area (Å²) < 4.78 is 38.6. The van der Waals surface area contributed by atoms with Gasteiger partial charge in [0.25, 0.3) is 0 Å². The van der Waals surface area contributed by atoms with Gasteiger partial charge in [-0.3, -0.25) is 0 Å². The first-order chi connectivity index (χ1) is 8.82. The number of nitrogens with two attached hydrogens (primary N) is 1. The van der Waals surface area contributed by atoms with Crippen molar-refractivity contribution in [2.24, 2.45) is 0 Å². The number of alkyl halides is 3. The zero-order valence-corrected chi connectivity index (χ0v) is 11.7. The van der Waals surface area contributed by atoms with Crippen LogP contribution in [0.1, 0.15) is 10.4 Å². The molecule has 7 heteroatoms. The van der Waals surface area contributed by atoms with Crippen LogP contribution in [-0.2, 0) is 6.18 Å². The fraction of sp³-hybridized carbons (Fsp3) is 0.0833. The number of nitriles is 1. The van der Waals surface area contributed by atoms with Gasteiger partial charge in [-0.15, -0.1) is 11.3 Å². The quantitative estimate of drug-likeness (QED) is 0.816. The Morgan fingerprint density at radius 2 is 1.95 bits per heavy atom. The van der Waals surface area contributed by atoms with Gasteiger partial charge in [-0.05, 0) is 24.3 Å². The van der Waals surface area contributed by atoms with Crippen LogP contribution in [0.5, 0.6) is 0 Å². The van der Waals surface area contributed by atoms with E-state index in [0.29, 0.717) is 19.8 Å². The standard InChI is InChI=1S/C12H6BrF3N2S/c13-8-2-1-6(12(14,15)16)3-7(8)10-4-9(18)11(5-17)19-10/h1-4H,18H2. The van der Waals surface area contributed by atoms with Crippen LogP contribution >= 0.6 is 27.3 Å². The van der Waals surface area contributed by atoms with Crippen molar-refractivity contribution >= 4 is 33.0 Å². The lowest BCUT2D eigenvalue weighted by molar-refractivity contribution is -0.137. The number of benzene rings is 1. The fourth-order valence-electron chi connectivity index (χ4n) is 1.52. The topological polar surface area (TPSA) is 49.8 Å². The van der Waals surface area contributed by atoms with E-state index in [1.54, 1.807) is 0 Å². The minimum absolute atomic E-state index is 0.270. The molecule has 0 radical (unpaired) electrons. The summed E-state index contributed by atoms with van der Waals surface area (Å²) in [5.41, 5.74) is 5.51. The molecule has 1 heterocycles. The average molecular weight is 347 g/mol. The molecule has 0 unspecified atom stereocenters. The first kappa shape index (κ1) is 13.9.